The Bertz CT molecular complexity index is 986. The number of thiazole rings is 1. The first-order valence-electron chi connectivity index (χ1n) is 9.76. The van der Waals surface area contributed by atoms with Gasteiger partial charge in [0.25, 0.3) is 0 Å². The summed E-state index contributed by atoms with van der Waals surface area (Å²) in [6.45, 7) is 2.09. The molecular weight excluding hydrogens is 366 g/mol. The minimum atomic E-state index is 0.229. The van der Waals surface area contributed by atoms with Crippen LogP contribution in [-0.2, 0) is 0 Å². The Morgan fingerprint density at radius 2 is 1.82 bits per heavy atom. The molecule has 5 nitrogen and oxygen atoms in total. The molecule has 0 aliphatic carbocycles. The Morgan fingerprint density at radius 3 is 2.57 bits per heavy atom. The van der Waals surface area contributed by atoms with Gasteiger partial charge in [-0.3, -0.25) is 4.90 Å². The molecule has 1 saturated heterocycles. The maximum Gasteiger partial charge on any atom is 0.184 e. The van der Waals surface area contributed by atoms with Gasteiger partial charge in [-0.2, -0.15) is 0 Å². The number of likely N-dealkylation sites (tertiary alicyclic amines) is 1. The van der Waals surface area contributed by atoms with Gasteiger partial charge in [-0.1, -0.05) is 53.8 Å². The van der Waals surface area contributed by atoms with Crippen molar-refractivity contribution in [3.05, 3.63) is 78.4 Å². The molecule has 4 aromatic rings. The van der Waals surface area contributed by atoms with Crippen LogP contribution in [0.2, 0.25) is 0 Å². The van der Waals surface area contributed by atoms with E-state index in [0.29, 0.717) is 6.04 Å². The summed E-state index contributed by atoms with van der Waals surface area (Å²) in [6.07, 6.45) is 5.93. The SMILES string of the molecule is c1ccc(C(c2cnc[nH]2)N2CCC(Nc3nc4ccccc4s3)CC2)cc1. The van der Waals surface area contributed by atoms with E-state index in [2.05, 4.69) is 68.7 Å². The fraction of sp³-hybridized carbons (Fsp3) is 0.273. The van der Waals surface area contributed by atoms with E-state index in [9.17, 15) is 0 Å². The Hall–Kier alpha value is -2.70. The highest BCUT2D eigenvalue weighted by atomic mass is 32.1. The molecule has 1 atom stereocenters. The van der Waals surface area contributed by atoms with Crippen LogP contribution in [0.1, 0.15) is 30.1 Å². The average molecular weight is 390 g/mol. The van der Waals surface area contributed by atoms with Crippen molar-refractivity contribution >= 4 is 26.7 Å². The third-order valence-electron chi connectivity index (χ3n) is 5.45. The standard InChI is InChI=1S/C22H23N5S/c1-2-6-16(7-3-1)21(19-14-23-15-24-19)27-12-10-17(11-13-27)25-22-26-18-8-4-5-9-20(18)28-22/h1-9,14-15,17,21H,10-13H2,(H,23,24)(H,25,26). The number of nitrogens with zero attached hydrogens (tertiary/aromatic N) is 3. The number of rotatable bonds is 5. The second-order valence-electron chi connectivity index (χ2n) is 7.26. The molecule has 1 aliphatic heterocycles. The second kappa shape index (κ2) is 7.73. The maximum atomic E-state index is 4.73. The van der Waals surface area contributed by atoms with Gasteiger partial charge >= 0.3 is 0 Å². The molecule has 1 aliphatic rings. The first kappa shape index (κ1) is 17.4. The van der Waals surface area contributed by atoms with Gasteiger partial charge in [-0.05, 0) is 30.5 Å². The maximum absolute atomic E-state index is 4.73. The van der Waals surface area contributed by atoms with E-state index in [1.54, 1.807) is 17.7 Å². The first-order chi connectivity index (χ1) is 13.9. The zero-order chi connectivity index (χ0) is 18.8. The van der Waals surface area contributed by atoms with E-state index in [-0.39, 0.29) is 6.04 Å². The number of para-hydroxylation sites is 1. The number of H-pyrrole nitrogens is 1. The third-order valence-corrected chi connectivity index (χ3v) is 6.41. The fourth-order valence-electron chi connectivity index (χ4n) is 4.05. The smallest absolute Gasteiger partial charge is 0.184 e. The van der Waals surface area contributed by atoms with Crippen LogP contribution in [-0.4, -0.2) is 39.0 Å². The number of aromatic amines is 1. The molecule has 5 rings (SSSR count). The van der Waals surface area contributed by atoms with Gasteiger partial charge in [0.2, 0.25) is 0 Å². The number of hydrogen-bond acceptors (Lipinski definition) is 5. The van der Waals surface area contributed by atoms with Crippen molar-refractivity contribution in [2.45, 2.75) is 24.9 Å². The van der Waals surface area contributed by atoms with Gasteiger partial charge in [-0.25, -0.2) is 9.97 Å². The zero-order valence-electron chi connectivity index (χ0n) is 15.6. The number of aromatic nitrogens is 3. The van der Waals surface area contributed by atoms with Gasteiger partial charge in [0.1, 0.15) is 0 Å². The molecule has 2 N–H and O–H groups in total. The highest BCUT2D eigenvalue weighted by Gasteiger charge is 2.28. The molecular formula is C22H23N5S. The normalized spacial score (nSPS) is 17.0. The average Bonchev–Trinajstić information content (AvgIpc) is 3.40. The van der Waals surface area contributed by atoms with E-state index in [4.69, 9.17) is 4.98 Å². The third kappa shape index (κ3) is 3.53. The largest absolute Gasteiger partial charge is 0.359 e. The van der Waals surface area contributed by atoms with Crippen LogP contribution in [0.3, 0.4) is 0 Å². The quantitative estimate of drug-likeness (QED) is 0.520. The van der Waals surface area contributed by atoms with Crippen molar-refractivity contribution in [2.75, 3.05) is 18.4 Å². The van der Waals surface area contributed by atoms with E-state index in [1.807, 2.05) is 12.3 Å². The molecule has 0 spiro atoms. The monoisotopic (exact) mass is 389 g/mol. The lowest BCUT2D eigenvalue weighted by atomic mass is 9.97. The molecule has 0 amide bonds. The van der Waals surface area contributed by atoms with E-state index < -0.39 is 0 Å². The molecule has 1 unspecified atom stereocenters. The summed E-state index contributed by atoms with van der Waals surface area (Å²) >= 11 is 1.74. The number of nitrogens with one attached hydrogen (secondary N) is 2. The summed E-state index contributed by atoms with van der Waals surface area (Å²) in [5.41, 5.74) is 3.55. The summed E-state index contributed by atoms with van der Waals surface area (Å²) in [7, 11) is 0. The van der Waals surface area contributed by atoms with E-state index >= 15 is 0 Å². The van der Waals surface area contributed by atoms with Crippen molar-refractivity contribution < 1.29 is 0 Å². The minimum Gasteiger partial charge on any atom is -0.359 e. The lowest BCUT2D eigenvalue weighted by Crippen LogP contribution is -2.41. The van der Waals surface area contributed by atoms with Crippen LogP contribution in [0.5, 0.6) is 0 Å². The van der Waals surface area contributed by atoms with Crippen molar-refractivity contribution in [3.8, 4) is 0 Å². The predicted molar refractivity (Wildman–Crippen MR) is 115 cm³/mol. The summed E-state index contributed by atoms with van der Waals surface area (Å²) in [6, 6.07) is 19.7. The van der Waals surface area contributed by atoms with Crippen LogP contribution >= 0.6 is 11.3 Å². The summed E-state index contributed by atoms with van der Waals surface area (Å²) < 4.78 is 1.24. The van der Waals surface area contributed by atoms with Gasteiger partial charge in [-0.15, -0.1) is 0 Å². The zero-order valence-corrected chi connectivity index (χ0v) is 16.4. The highest BCUT2D eigenvalue weighted by molar-refractivity contribution is 7.22. The molecule has 2 aromatic heterocycles. The van der Waals surface area contributed by atoms with Crippen molar-refractivity contribution in [3.63, 3.8) is 0 Å². The fourth-order valence-corrected chi connectivity index (χ4v) is 4.99. The summed E-state index contributed by atoms with van der Waals surface area (Å²) in [5, 5.41) is 4.70. The lowest BCUT2D eigenvalue weighted by Gasteiger charge is -2.37. The van der Waals surface area contributed by atoms with Gasteiger partial charge < -0.3 is 10.3 Å². The van der Waals surface area contributed by atoms with Crippen LogP contribution in [0, 0.1) is 0 Å². The number of hydrogen-bond donors (Lipinski definition) is 2. The predicted octanol–water partition coefficient (Wildman–Crippen LogP) is 4.69. The molecule has 0 radical (unpaired) electrons. The molecule has 0 bridgehead atoms. The number of benzene rings is 2. The van der Waals surface area contributed by atoms with Crippen LogP contribution < -0.4 is 5.32 Å². The molecule has 28 heavy (non-hydrogen) atoms. The Labute approximate surface area is 168 Å². The summed E-state index contributed by atoms with van der Waals surface area (Å²) in [4.78, 5) is 14.9. The van der Waals surface area contributed by atoms with E-state index in [1.165, 1.54) is 10.3 Å². The lowest BCUT2D eigenvalue weighted by molar-refractivity contribution is 0.177. The van der Waals surface area contributed by atoms with Gasteiger partial charge in [0.05, 0.1) is 28.3 Å². The van der Waals surface area contributed by atoms with Crippen molar-refractivity contribution in [1.82, 2.24) is 19.9 Å². The molecule has 6 heteroatoms. The first-order valence-corrected chi connectivity index (χ1v) is 10.6. The van der Waals surface area contributed by atoms with E-state index in [0.717, 1.165) is 42.3 Å². The van der Waals surface area contributed by atoms with Gasteiger partial charge in [0, 0.05) is 25.3 Å². The van der Waals surface area contributed by atoms with Crippen molar-refractivity contribution in [1.29, 1.82) is 0 Å². The van der Waals surface area contributed by atoms with Crippen molar-refractivity contribution in [2.24, 2.45) is 0 Å². The Kier molecular flexibility index (Phi) is 4.81. The Morgan fingerprint density at radius 1 is 1.04 bits per heavy atom. The molecule has 0 saturated carbocycles. The molecule has 142 valence electrons. The second-order valence-corrected chi connectivity index (χ2v) is 8.29. The Balaban J connectivity index is 1.28. The number of anilines is 1. The topological polar surface area (TPSA) is 56.8 Å². The molecule has 3 heterocycles. The number of piperidine rings is 1. The summed E-state index contributed by atoms with van der Waals surface area (Å²) in [5.74, 6) is 0. The molecule has 2 aromatic carbocycles. The van der Waals surface area contributed by atoms with Gasteiger partial charge in [0.15, 0.2) is 5.13 Å². The minimum absolute atomic E-state index is 0.229. The van der Waals surface area contributed by atoms with Crippen LogP contribution in [0.25, 0.3) is 10.2 Å². The number of fused-ring (bicyclic) bond motifs is 1. The number of imidazole rings is 1. The van der Waals surface area contributed by atoms with Crippen LogP contribution in [0.4, 0.5) is 5.13 Å². The highest BCUT2D eigenvalue weighted by Crippen LogP contribution is 2.31. The van der Waals surface area contributed by atoms with Crippen LogP contribution in [0.15, 0.2) is 67.1 Å². The molecule has 1 fully saturated rings.